The first kappa shape index (κ1) is 30.6. The van der Waals surface area contributed by atoms with Crippen LogP contribution in [0.3, 0.4) is 0 Å². The van der Waals surface area contributed by atoms with Crippen molar-refractivity contribution in [2.75, 3.05) is 15.5 Å². The summed E-state index contributed by atoms with van der Waals surface area (Å²) in [7, 11) is 0. The molecule has 5 amide bonds. The molecule has 12 heteroatoms. The van der Waals surface area contributed by atoms with Gasteiger partial charge in [-0.25, -0.2) is 4.79 Å². The first-order valence-electron chi connectivity index (χ1n) is 15.8. The van der Waals surface area contributed by atoms with Crippen molar-refractivity contribution in [3.63, 3.8) is 0 Å². The van der Waals surface area contributed by atoms with Crippen LogP contribution in [-0.4, -0.2) is 44.0 Å². The van der Waals surface area contributed by atoms with Crippen LogP contribution in [0.2, 0.25) is 0 Å². The smallest absolute Gasteiger partial charge is 0.307 e. The Morgan fingerprint density at radius 1 is 0.935 bits per heavy atom. The molecule has 46 heavy (non-hydrogen) atoms. The van der Waals surface area contributed by atoms with Crippen molar-refractivity contribution >= 4 is 41.1 Å². The highest BCUT2D eigenvalue weighted by Crippen LogP contribution is 2.34. The fraction of sp³-hybridized carbons (Fsp3) is 0.324. The number of nitrogens with zero attached hydrogens (tertiary/aromatic N) is 5. The molecule has 0 radical (unpaired) electrons. The Morgan fingerprint density at radius 2 is 1.70 bits per heavy atom. The largest absolute Gasteiger partial charge is 0.327 e. The highest BCUT2D eigenvalue weighted by atomic mass is 16.2. The lowest BCUT2D eigenvalue weighted by molar-refractivity contribution is 0.0878. The molecule has 1 saturated carbocycles. The molecule has 0 saturated heterocycles. The molecular weight excluding hydrogens is 584 g/mol. The molecule has 236 valence electrons. The minimum Gasteiger partial charge on any atom is -0.307 e. The SMILES string of the molecule is CCCCc1c(NC(=O)N(Cn2nnc(NC(=O)c3ccccc3)n2)c2ccc(C3CCCCC3)cc2)ccc2c1C(=O)NC2=O. The molecule has 0 spiro atoms. The molecule has 1 aromatic heterocycles. The third kappa shape index (κ3) is 6.65. The molecule has 2 heterocycles. The lowest BCUT2D eigenvalue weighted by atomic mass is 9.84. The summed E-state index contributed by atoms with van der Waals surface area (Å²) in [6.07, 6.45) is 8.15. The van der Waals surface area contributed by atoms with Crippen molar-refractivity contribution < 1.29 is 19.2 Å². The molecule has 12 nitrogen and oxygen atoms in total. The molecule has 0 bridgehead atoms. The predicted octanol–water partition coefficient (Wildman–Crippen LogP) is 5.90. The first-order valence-corrected chi connectivity index (χ1v) is 15.8. The van der Waals surface area contributed by atoms with Crippen LogP contribution < -0.4 is 20.9 Å². The van der Waals surface area contributed by atoms with E-state index < -0.39 is 17.8 Å². The van der Waals surface area contributed by atoms with E-state index in [-0.39, 0.29) is 18.5 Å². The van der Waals surface area contributed by atoms with E-state index in [1.165, 1.54) is 34.5 Å². The number of carbonyl (C=O) groups excluding carboxylic acids is 4. The third-order valence-corrected chi connectivity index (χ3v) is 8.54. The lowest BCUT2D eigenvalue weighted by Gasteiger charge is -2.25. The van der Waals surface area contributed by atoms with Gasteiger partial charge in [0.25, 0.3) is 23.7 Å². The van der Waals surface area contributed by atoms with Crippen LogP contribution in [0.5, 0.6) is 0 Å². The third-order valence-electron chi connectivity index (χ3n) is 8.54. The molecule has 3 N–H and O–H groups in total. The predicted molar refractivity (Wildman–Crippen MR) is 173 cm³/mol. The Hall–Kier alpha value is -5.39. The van der Waals surface area contributed by atoms with Gasteiger partial charge in [-0.15, -0.1) is 9.90 Å². The molecule has 1 aliphatic carbocycles. The standard InChI is InChI=1S/C34H36N8O4/c1-2-3-14-26-28(20-19-27-29(26)32(45)36-31(27)44)35-34(46)41(25-17-15-23(16-18-25)22-10-6-4-7-11-22)21-42-39-33(38-40-42)37-30(43)24-12-8-5-9-13-24/h5,8-9,12-13,15-20,22H,2-4,6-7,10-11,14,21H2,1H3,(H,35,46)(H,36,44,45)(H,37,39,43). The number of imide groups is 1. The van der Waals surface area contributed by atoms with Crippen LogP contribution in [0.15, 0.2) is 66.7 Å². The summed E-state index contributed by atoms with van der Waals surface area (Å²) < 4.78 is 0. The maximum Gasteiger partial charge on any atom is 0.327 e. The zero-order valence-corrected chi connectivity index (χ0v) is 25.7. The normalized spacial score (nSPS) is 14.5. The van der Waals surface area contributed by atoms with E-state index in [0.29, 0.717) is 46.0 Å². The zero-order chi connectivity index (χ0) is 32.0. The number of carbonyl (C=O) groups is 4. The zero-order valence-electron chi connectivity index (χ0n) is 25.7. The van der Waals surface area contributed by atoms with Gasteiger partial charge < -0.3 is 5.32 Å². The van der Waals surface area contributed by atoms with E-state index >= 15 is 0 Å². The van der Waals surface area contributed by atoms with E-state index in [2.05, 4.69) is 43.5 Å². The van der Waals surface area contributed by atoms with Crippen LogP contribution >= 0.6 is 0 Å². The Balaban J connectivity index is 1.28. The van der Waals surface area contributed by atoms with Gasteiger partial charge in [0.15, 0.2) is 0 Å². The number of tetrazole rings is 1. The van der Waals surface area contributed by atoms with Crippen LogP contribution in [0.1, 0.15) is 100.0 Å². The number of anilines is 3. The maximum atomic E-state index is 14.0. The van der Waals surface area contributed by atoms with Gasteiger partial charge in [0.05, 0.1) is 11.1 Å². The number of fused-ring (bicyclic) bond motifs is 1. The average Bonchev–Trinajstić information content (AvgIpc) is 3.65. The summed E-state index contributed by atoms with van der Waals surface area (Å²) in [6, 6.07) is 19.4. The molecule has 0 atom stereocenters. The number of unbranched alkanes of at least 4 members (excludes halogenated alkanes) is 1. The van der Waals surface area contributed by atoms with Gasteiger partial charge in [-0.3, -0.25) is 29.9 Å². The number of aromatic nitrogens is 4. The monoisotopic (exact) mass is 620 g/mol. The lowest BCUT2D eigenvalue weighted by Crippen LogP contribution is -2.37. The number of amides is 5. The second-order valence-electron chi connectivity index (χ2n) is 11.6. The molecule has 3 aromatic carbocycles. The fourth-order valence-corrected chi connectivity index (χ4v) is 6.11. The number of urea groups is 1. The highest BCUT2D eigenvalue weighted by Gasteiger charge is 2.31. The van der Waals surface area contributed by atoms with E-state index in [0.717, 1.165) is 25.7 Å². The Bertz CT molecular complexity index is 1750. The Labute approximate surface area is 266 Å². The van der Waals surface area contributed by atoms with Crippen LogP contribution in [-0.2, 0) is 13.1 Å². The number of hydrogen-bond donors (Lipinski definition) is 3. The number of benzene rings is 3. The van der Waals surface area contributed by atoms with Gasteiger partial charge in [-0.05, 0) is 84.3 Å². The second-order valence-corrected chi connectivity index (χ2v) is 11.6. The van der Waals surface area contributed by atoms with E-state index in [1.54, 1.807) is 36.4 Å². The fourth-order valence-electron chi connectivity index (χ4n) is 6.11. The first-order chi connectivity index (χ1) is 22.4. The van der Waals surface area contributed by atoms with Gasteiger partial charge in [0.2, 0.25) is 0 Å². The molecule has 1 fully saturated rings. The van der Waals surface area contributed by atoms with Gasteiger partial charge in [-0.2, -0.15) is 0 Å². The topological polar surface area (TPSA) is 151 Å². The van der Waals surface area contributed by atoms with Crippen molar-refractivity contribution in [1.82, 2.24) is 25.5 Å². The number of rotatable bonds is 10. The number of nitrogens with one attached hydrogen (secondary N) is 3. The average molecular weight is 621 g/mol. The van der Waals surface area contributed by atoms with Crippen molar-refractivity contribution in [2.24, 2.45) is 0 Å². The van der Waals surface area contributed by atoms with Crippen LogP contribution in [0.25, 0.3) is 0 Å². The van der Waals surface area contributed by atoms with Crippen molar-refractivity contribution in [2.45, 2.75) is 70.9 Å². The quantitative estimate of drug-likeness (QED) is 0.187. The van der Waals surface area contributed by atoms with E-state index in [9.17, 15) is 19.2 Å². The van der Waals surface area contributed by atoms with Gasteiger partial charge >= 0.3 is 6.03 Å². The minimum absolute atomic E-state index is 0.00184. The van der Waals surface area contributed by atoms with Crippen molar-refractivity contribution in [3.8, 4) is 0 Å². The summed E-state index contributed by atoms with van der Waals surface area (Å²) in [4.78, 5) is 54.4. The van der Waals surface area contributed by atoms with Gasteiger partial charge in [0, 0.05) is 16.9 Å². The maximum absolute atomic E-state index is 14.0. The summed E-state index contributed by atoms with van der Waals surface area (Å²) in [5.41, 5.74) is 3.97. The minimum atomic E-state index is -0.486. The Kier molecular flexibility index (Phi) is 9.13. The van der Waals surface area contributed by atoms with Crippen LogP contribution in [0.4, 0.5) is 22.1 Å². The summed E-state index contributed by atoms with van der Waals surface area (Å²) in [5.74, 6) is -0.791. The van der Waals surface area contributed by atoms with Crippen molar-refractivity contribution in [3.05, 3.63) is 94.5 Å². The summed E-state index contributed by atoms with van der Waals surface area (Å²) >= 11 is 0. The van der Waals surface area contributed by atoms with E-state index in [4.69, 9.17) is 0 Å². The van der Waals surface area contributed by atoms with Gasteiger partial charge in [-0.1, -0.05) is 68.0 Å². The molecule has 2 aliphatic rings. The second kappa shape index (κ2) is 13.7. The molecule has 1 aliphatic heterocycles. The molecular formula is C34H36N8O4. The summed E-state index contributed by atoms with van der Waals surface area (Å²) in [5, 5.41) is 20.3. The molecule has 4 aromatic rings. The summed E-state index contributed by atoms with van der Waals surface area (Å²) in [6.45, 7) is 1.92. The highest BCUT2D eigenvalue weighted by molar-refractivity contribution is 6.23. The van der Waals surface area contributed by atoms with E-state index in [1.807, 2.05) is 25.1 Å². The Morgan fingerprint density at radius 3 is 2.43 bits per heavy atom. The number of hydrogen-bond acceptors (Lipinski definition) is 7. The van der Waals surface area contributed by atoms with Crippen molar-refractivity contribution in [1.29, 1.82) is 0 Å². The van der Waals surface area contributed by atoms with Gasteiger partial charge in [0.1, 0.15) is 6.67 Å². The van der Waals surface area contributed by atoms with Crippen LogP contribution in [0, 0.1) is 0 Å². The molecule has 6 rings (SSSR count). The molecule has 0 unspecified atom stereocenters.